The molecule has 26 heavy (non-hydrogen) atoms. The molecule has 0 unspecified atom stereocenters. The average molecular weight is 356 g/mol. The van der Waals surface area contributed by atoms with Gasteiger partial charge in [-0.2, -0.15) is 13.2 Å². The fraction of sp³-hybridized carbons (Fsp3) is 0.0526. The van der Waals surface area contributed by atoms with E-state index in [0.717, 1.165) is 12.1 Å². The smallest absolute Gasteiger partial charge is 0.321 e. The van der Waals surface area contributed by atoms with Crippen LogP contribution in [-0.2, 0) is 6.18 Å². The van der Waals surface area contributed by atoms with Crippen molar-refractivity contribution in [1.29, 1.82) is 0 Å². The lowest BCUT2D eigenvalue weighted by Crippen LogP contribution is -2.14. The van der Waals surface area contributed by atoms with Crippen LogP contribution < -0.4 is 10.6 Å². The Labute approximate surface area is 145 Å². The van der Waals surface area contributed by atoms with Crippen LogP contribution in [0.5, 0.6) is 0 Å². The lowest BCUT2D eigenvalue weighted by molar-refractivity contribution is -0.137. The Morgan fingerprint density at radius 2 is 1.77 bits per heavy atom. The van der Waals surface area contributed by atoms with Crippen LogP contribution >= 0.6 is 0 Å². The summed E-state index contributed by atoms with van der Waals surface area (Å²) in [4.78, 5) is 24.4. The molecular formula is C19H11F3N2O2. The highest BCUT2D eigenvalue weighted by Crippen LogP contribution is 2.37. The molecule has 1 heterocycles. The third-order valence-corrected chi connectivity index (χ3v) is 4.23. The van der Waals surface area contributed by atoms with Crippen molar-refractivity contribution in [2.75, 3.05) is 10.6 Å². The fourth-order valence-corrected chi connectivity index (χ4v) is 3.03. The third kappa shape index (κ3) is 2.57. The molecule has 130 valence electrons. The minimum atomic E-state index is -4.52. The van der Waals surface area contributed by atoms with E-state index < -0.39 is 17.6 Å². The highest BCUT2D eigenvalue weighted by atomic mass is 19.4. The van der Waals surface area contributed by atoms with Crippen molar-refractivity contribution in [2.45, 2.75) is 6.18 Å². The molecule has 1 aliphatic rings. The maximum atomic E-state index is 12.8. The third-order valence-electron chi connectivity index (χ3n) is 4.23. The van der Waals surface area contributed by atoms with Gasteiger partial charge < -0.3 is 10.6 Å². The molecule has 3 aromatic carbocycles. The van der Waals surface area contributed by atoms with Gasteiger partial charge in [0, 0.05) is 33.3 Å². The highest BCUT2D eigenvalue weighted by molar-refractivity contribution is 6.26. The molecule has 0 atom stereocenters. The topological polar surface area (TPSA) is 58.2 Å². The Morgan fingerprint density at radius 1 is 1.00 bits per heavy atom. The second-order valence-electron chi connectivity index (χ2n) is 5.88. The van der Waals surface area contributed by atoms with Gasteiger partial charge in [0.15, 0.2) is 0 Å². The molecule has 0 aliphatic carbocycles. The van der Waals surface area contributed by atoms with Gasteiger partial charge in [-0.25, -0.2) is 0 Å². The number of benzene rings is 3. The van der Waals surface area contributed by atoms with Crippen LogP contribution in [-0.4, -0.2) is 11.8 Å². The van der Waals surface area contributed by atoms with Crippen molar-refractivity contribution >= 4 is 34.0 Å². The maximum Gasteiger partial charge on any atom is 0.416 e. The summed E-state index contributed by atoms with van der Waals surface area (Å²) in [5, 5.41) is 6.68. The molecule has 0 fully saturated rings. The van der Waals surface area contributed by atoms with Gasteiger partial charge >= 0.3 is 6.18 Å². The van der Waals surface area contributed by atoms with Crippen molar-refractivity contribution in [2.24, 2.45) is 0 Å². The van der Waals surface area contributed by atoms with E-state index in [0.29, 0.717) is 27.7 Å². The number of carbonyl (C=O) groups is 2. The summed E-state index contributed by atoms with van der Waals surface area (Å²) in [6.45, 7) is 0. The van der Waals surface area contributed by atoms with Crippen LogP contribution in [0, 0.1) is 0 Å². The van der Waals surface area contributed by atoms with E-state index >= 15 is 0 Å². The van der Waals surface area contributed by atoms with Gasteiger partial charge in [-0.05, 0) is 36.4 Å². The summed E-state index contributed by atoms with van der Waals surface area (Å²) < 4.78 is 38.5. The Morgan fingerprint density at radius 3 is 2.54 bits per heavy atom. The van der Waals surface area contributed by atoms with Crippen molar-refractivity contribution in [1.82, 2.24) is 0 Å². The number of carbonyl (C=O) groups excluding carboxylic acids is 2. The van der Waals surface area contributed by atoms with Gasteiger partial charge in [-0.3, -0.25) is 9.59 Å². The molecule has 3 aromatic rings. The molecule has 0 bridgehead atoms. The van der Waals surface area contributed by atoms with Crippen molar-refractivity contribution in [3.05, 3.63) is 71.3 Å². The summed E-state index contributed by atoms with van der Waals surface area (Å²) in [7, 11) is 0. The molecule has 4 nitrogen and oxygen atoms in total. The van der Waals surface area contributed by atoms with Crippen LogP contribution in [0.15, 0.2) is 54.6 Å². The number of amides is 2. The average Bonchev–Trinajstić information content (AvgIpc) is 2.94. The monoisotopic (exact) mass is 356 g/mol. The van der Waals surface area contributed by atoms with Gasteiger partial charge in [-0.15, -0.1) is 0 Å². The van der Waals surface area contributed by atoms with Gasteiger partial charge in [0.1, 0.15) is 0 Å². The summed E-state index contributed by atoms with van der Waals surface area (Å²) in [6.07, 6.45) is -4.52. The standard InChI is InChI=1S/C19H11F3N2O2/c20-19(21,22)11-4-1-3-10(9-11)17(25)23-14-7-8-15-16-12(14)5-2-6-13(16)18(26)24-15/h1-9H,(H,23,25)(H,24,26). The van der Waals surface area contributed by atoms with E-state index in [1.807, 2.05) is 0 Å². The zero-order valence-corrected chi connectivity index (χ0v) is 13.1. The van der Waals surface area contributed by atoms with Gasteiger partial charge in [0.25, 0.3) is 11.8 Å². The zero-order chi connectivity index (χ0) is 18.5. The number of alkyl halides is 3. The number of anilines is 2. The molecule has 1 aliphatic heterocycles. The normalized spacial score (nSPS) is 13.0. The first kappa shape index (κ1) is 16.1. The minimum Gasteiger partial charge on any atom is -0.321 e. The molecular weight excluding hydrogens is 345 g/mol. The van der Waals surface area contributed by atoms with Crippen LogP contribution in [0.1, 0.15) is 26.3 Å². The fourth-order valence-electron chi connectivity index (χ4n) is 3.03. The van der Waals surface area contributed by atoms with Crippen LogP contribution in [0.2, 0.25) is 0 Å². The number of halogens is 3. The van der Waals surface area contributed by atoms with Crippen molar-refractivity contribution in [3.63, 3.8) is 0 Å². The minimum absolute atomic E-state index is 0.0997. The largest absolute Gasteiger partial charge is 0.416 e. The number of rotatable bonds is 2. The maximum absolute atomic E-state index is 12.8. The van der Waals surface area contributed by atoms with E-state index in [1.165, 1.54) is 12.1 Å². The number of nitrogens with one attached hydrogen (secondary N) is 2. The first-order chi connectivity index (χ1) is 12.3. The molecule has 4 rings (SSSR count). The van der Waals surface area contributed by atoms with E-state index in [-0.39, 0.29) is 11.5 Å². The SMILES string of the molecule is O=C(Nc1ccc2c3c(cccc13)C(=O)N2)c1cccc(C(F)(F)F)c1. The van der Waals surface area contributed by atoms with Crippen LogP contribution in [0.3, 0.4) is 0 Å². The first-order valence-corrected chi connectivity index (χ1v) is 7.70. The lowest BCUT2D eigenvalue weighted by Gasteiger charge is -2.11. The number of hydrogen-bond donors (Lipinski definition) is 2. The van der Waals surface area contributed by atoms with E-state index in [1.54, 1.807) is 30.3 Å². The van der Waals surface area contributed by atoms with Gasteiger partial charge in [-0.1, -0.05) is 18.2 Å². The first-order valence-electron chi connectivity index (χ1n) is 7.70. The van der Waals surface area contributed by atoms with E-state index in [2.05, 4.69) is 10.6 Å². The molecule has 2 amide bonds. The predicted octanol–water partition coefficient (Wildman–Crippen LogP) is 4.68. The van der Waals surface area contributed by atoms with Crippen molar-refractivity contribution in [3.8, 4) is 0 Å². The van der Waals surface area contributed by atoms with Crippen LogP contribution in [0.25, 0.3) is 10.8 Å². The Bertz CT molecular complexity index is 1070. The summed E-state index contributed by atoms with van der Waals surface area (Å²) in [6, 6.07) is 12.6. The summed E-state index contributed by atoms with van der Waals surface area (Å²) in [5.74, 6) is -0.888. The molecule has 7 heteroatoms. The Hall–Kier alpha value is -3.35. The lowest BCUT2D eigenvalue weighted by atomic mass is 10.0. The van der Waals surface area contributed by atoms with E-state index in [9.17, 15) is 22.8 Å². The second-order valence-corrected chi connectivity index (χ2v) is 5.88. The Kier molecular flexibility index (Phi) is 3.47. The van der Waals surface area contributed by atoms with Crippen molar-refractivity contribution < 1.29 is 22.8 Å². The molecule has 0 aromatic heterocycles. The number of hydrogen-bond acceptors (Lipinski definition) is 2. The molecule has 2 N–H and O–H groups in total. The van der Waals surface area contributed by atoms with Crippen LogP contribution in [0.4, 0.5) is 24.5 Å². The second kappa shape index (κ2) is 5.59. The molecule has 0 radical (unpaired) electrons. The summed E-state index contributed by atoms with van der Waals surface area (Å²) >= 11 is 0. The van der Waals surface area contributed by atoms with Gasteiger partial charge in [0.05, 0.1) is 5.56 Å². The quantitative estimate of drug-likeness (QED) is 0.701. The predicted molar refractivity (Wildman–Crippen MR) is 91.3 cm³/mol. The van der Waals surface area contributed by atoms with Gasteiger partial charge in [0.2, 0.25) is 0 Å². The van der Waals surface area contributed by atoms with E-state index in [4.69, 9.17) is 0 Å². The summed E-state index contributed by atoms with van der Waals surface area (Å²) in [5.41, 5.74) is 0.562. The molecule has 0 saturated carbocycles. The zero-order valence-electron chi connectivity index (χ0n) is 13.1. The molecule has 0 spiro atoms. The molecule has 0 saturated heterocycles. The Balaban J connectivity index is 1.72. The highest BCUT2D eigenvalue weighted by Gasteiger charge is 2.31.